The van der Waals surface area contributed by atoms with Crippen LogP contribution in [-0.2, 0) is 0 Å². The van der Waals surface area contributed by atoms with Crippen molar-refractivity contribution in [3.05, 3.63) is 77.1 Å². The minimum Gasteiger partial charge on any atom is -0.493 e. The van der Waals surface area contributed by atoms with Crippen LogP contribution in [0.4, 0.5) is 5.69 Å². The highest BCUT2D eigenvalue weighted by atomic mass is 35.5. The Morgan fingerprint density at radius 2 is 1.77 bits per heavy atom. The van der Waals surface area contributed by atoms with E-state index >= 15 is 0 Å². The molecule has 31 heavy (non-hydrogen) atoms. The molecule has 2 aromatic carbocycles. The van der Waals surface area contributed by atoms with Gasteiger partial charge in [0.1, 0.15) is 5.69 Å². The normalized spacial score (nSPS) is 10.7. The van der Waals surface area contributed by atoms with Crippen molar-refractivity contribution in [1.82, 2.24) is 9.78 Å². The topological polar surface area (TPSA) is 78.5 Å². The van der Waals surface area contributed by atoms with Crippen LogP contribution in [0.2, 0.25) is 5.02 Å². The lowest BCUT2D eigenvalue weighted by atomic mass is 10.1. The van der Waals surface area contributed by atoms with E-state index < -0.39 is 0 Å². The highest BCUT2D eigenvalue weighted by molar-refractivity contribution is 6.30. The molecule has 8 heteroatoms. The first-order valence-electron chi connectivity index (χ1n) is 9.44. The van der Waals surface area contributed by atoms with Crippen LogP contribution in [0.3, 0.4) is 0 Å². The van der Waals surface area contributed by atoms with E-state index in [9.17, 15) is 4.79 Å². The van der Waals surface area contributed by atoms with Gasteiger partial charge in [0, 0.05) is 22.8 Å². The average Bonchev–Trinajstić information content (AvgIpc) is 3.45. The molecule has 0 aliphatic rings. The second-order valence-corrected chi connectivity index (χ2v) is 7.19. The number of rotatable bonds is 6. The molecule has 0 unspecified atom stereocenters. The predicted molar refractivity (Wildman–Crippen MR) is 119 cm³/mol. The van der Waals surface area contributed by atoms with E-state index in [-0.39, 0.29) is 11.6 Å². The maximum absolute atomic E-state index is 13.0. The molecule has 1 amide bonds. The predicted octanol–water partition coefficient (Wildman–Crippen LogP) is 5.36. The van der Waals surface area contributed by atoms with E-state index in [4.69, 9.17) is 25.5 Å². The lowest BCUT2D eigenvalue weighted by Crippen LogP contribution is -2.14. The number of ether oxygens (including phenoxy) is 2. The Labute approximate surface area is 184 Å². The molecule has 2 aromatic heterocycles. The van der Waals surface area contributed by atoms with Gasteiger partial charge in [-0.15, -0.1) is 0 Å². The number of hydrogen-bond donors (Lipinski definition) is 1. The van der Waals surface area contributed by atoms with Crippen molar-refractivity contribution in [3.63, 3.8) is 0 Å². The fourth-order valence-corrected chi connectivity index (χ4v) is 3.30. The lowest BCUT2D eigenvalue weighted by molar-refractivity contribution is 0.102. The number of halogens is 1. The van der Waals surface area contributed by atoms with E-state index in [0.29, 0.717) is 33.7 Å². The molecule has 4 aromatic rings. The molecule has 0 bridgehead atoms. The molecule has 0 radical (unpaired) electrons. The highest BCUT2D eigenvalue weighted by Crippen LogP contribution is 2.33. The molecule has 0 aliphatic carbocycles. The van der Waals surface area contributed by atoms with Crippen molar-refractivity contribution in [3.8, 4) is 28.6 Å². The number of nitrogens with one attached hydrogen (secondary N) is 1. The molecule has 2 heterocycles. The van der Waals surface area contributed by atoms with Crippen LogP contribution in [0.15, 0.2) is 65.3 Å². The number of aryl methyl sites for hydroxylation is 1. The van der Waals surface area contributed by atoms with Gasteiger partial charge in [0.2, 0.25) is 0 Å². The quantitative estimate of drug-likeness (QED) is 0.439. The van der Waals surface area contributed by atoms with Crippen molar-refractivity contribution in [2.75, 3.05) is 19.5 Å². The molecule has 0 fully saturated rings. The lowest BCUT2D eigenvalue weighted by Gasteiger charge is -2.13. The first kappa shape index (κ1) is 20.6. The number of nitrogens with zero attached hydrogens (tertiary/aromatic N) is 2. The summed E-state index contributed by atoms with van der Waals surface area (Å²) in [5, 5.41) is 8.02. The fraction of sp³-hybridized carbons (Fsp3) is 0.130. The van der Waals surface area contributed by atoms with Gasteiger partial charge in [0.25, 0.3) is 5.91 Å². The third-order valence-corrected chi connectivity index (χ3v) is 5.02. The Hall–Kier alpha value is -3.71. The number of furan rings is 1. The van der Waals surface area contributed by atoms with Gasteiger partial charge in [-0.2, -0.15) is 5.10 Å². The zero-order valence-corrected chi connectivity index (χ0v) is 17.9. The van der Waals surface area contributed by atoms with Crippen molar-refractivity contribution in [2.45, 2.75) is 6.92 Å². The van der Waals surface area contributed by atoms with Gasteiger partial charge in [-0.25, -0.2) is 4.68 Å². The summed E-state index contributed by atoms with van der Waals surface area (Å²) >= 11 is 6.01. The molecule has 1 N–H and O–H groups in total. The minimum absolute atomic E-state index is 0.232. The van der Waals surface area contributed by atoms with Crippen LogP contribution in [-0.4, -0.2) is 29.9 Å². The second kappa shape index (κ2) is 8.57. The van der Waals surface area contributed by atoms with E-state index in [1.54, 1.807) is 61.6 Å². The average molecular weight is 438 g/mol. The number of methoxy groups -OCH3 is 2. The molecular formula is C23H20ClN3O4. The number of benzene rings is 2. The second-order valence-electron chi connectivity index (χ2n) is 6.76. The maximum Gasteiger partial charge on any atom is 0.276 e. The molecular weight excluding hydrogens is 418 g/mol. The summed E-state index contributed by atoms with van der Waals surface area (Å²) in [6.07, 6.45) is 1.57. The maximum atomic E-state index is 13.0. The molecule has 4 rings (SSSR count). The van der Waals surface area contributed by atoms with Gasteiger partial charge >= 0.3 is 0 Å². The number of anilines is 1. The van der Waals surface area contributed by atoms with Gasteiger partial charge in [-0.3, -0.25) is 4.79 Å². The van der Waals surface area contributed by atoms with Crippen LogP contribution in [0.5, 0.6) is 11.5 Å². The number of carbonyl (C=O) groups is 1. The Balaban J connectivity index is 1.71. The smallest absolute Gasteiger partial charge is 0.276 e. The zero-order valence-electron chi connectivity index (χ0n) is 17.2. The number of hydrogen-bond acceptors (Lipinski definition) is 5. The van der Waals surface area contributed by atoms with Crippen molar-refractivity contribution in [2.24, 2.45) is 0 Å². The van der Waals surface area contributed by atoms with E-state index in [0.717, 1.165) is 11.3 Å². The zero-order chi connectivity index (χ0) is 22.0. The standard InChI is InChI=1S/C23H20ClN3O4/c1-14-11-21(29-2)22(30-3)13-17(14)25-23(28)18-12-19(20-5-4-10-31-20)27(26-18)16-8-6-15(24)7-9-16/h4-13H,1-3H3,(H,25,28). The monoisotopic (exact) mass is 437 g/mol. The van der Waals surface area contributed by atoms with Gasteiger partial charge in [-0.05, 0) is 55.0 Å². The van der Waals surface area contributed by atoms with Crippen molar-refractivity contribution in [1.29, 1.82) is 0 Å². The summed E-state index contributed by atoms with van der Waals surface area (Å²) < 4.78 is 17.8. The van der Waals surface area contributed by atoms with Gasteiger partial charge in [0.05, 0.1) is 26.2 Å². The van der Waals surface area contributed by atoms with Crippen LogP contribution < -0.4 is 14.8 Å². The van der Waals surface area contributed by atoms with E-state index in [1.165, 1.54) is 0 Å². The highest BCUT2D eigenvalue weighted by Gasteiger charge is 2.20. The molecule has 0 spiro atoms. The Morgan fingerprint density at radius 1 is 1.06 bits per heavy atom. The largest absolute Gasteiger partial charge is 0.493 e. The summed E-state index contributed by atoms with van der Waals surface area (Å²) in [6, 6.07) is 16.0. The van der Waals surface area contributed by atoms with Gasteiger partial charge in [-0.1, -0.05) is 11.6 Å². The Morgan fingerprint density at radius 3 is 2.42 bits per heavy atom. The third kappa shape index (κ3) is 4.13. The van der Waals surface area contributed by atoms with E-state index in [1.807, 2.05) is 25.1 Å². The molecule has 7 nitrogen and oxygen atoms in total. The van der Waals surface area contributed by atoms with Gasteiger partial charge < -0.3 is 19.2 Å². The number of aromatic nitrogens is 2. The van der Waals surface area contributed by atoms with Crippen molar-refractivity contribution < 1.29 is 18.7 Å². The van der Waals surface area contributed by atoms with Crippen LogP contribution in [0, 0.1) is 6.92 Å². The summed E-state index contributed by atoms with van der Waals surface area (Å²) in [6.45, 7) is 1.87. The number of amides is 1. The van der Waals surface area contributed by atoms with E-state index in [2.05, 4.69) is 10.4 Å². The summed E-state index contributed by atoms with van der Waals surface area (Å²) in [5.74, 6) is 1.33. The molecule has 0 saturated carbocycles. The Kier molecular flexibility index (Phi) is 5.68. The number of carbonyl (C=O) groups excluding carboxylic acids is 1. The van der Waals surface area contributed by atoms with Crippen LogP contribution in [0.1, 0.15) is 16.1 Å². The van der Waals surface area contributed by atoms with Crippen molar-refractivity contribution >= 4 is 23.2 Å². The third-order valence-electron chi connectivity index (χ3n) is 4.77. The molecule has 158 valence electrons. The Bertz CT molecular complexity index is 1210. The summed E-state index contributed by atoms with van der Waals surface area (Å²) in [4.78, 5) is 13.0. The van der Waals surface area contributed by atoms with Gasteiger partial charge in [0.15, 0.2) is 23.0 Å². The summed E-state index contributed by atoms with van der Waals surface area (Å²) in [7, 11) is 3.11. The van der Waals surface area contributed by atoms with Crippen LogP contribution >= 0.6 is 11.6 Å². The SMILES string of the molecule is COc1cc(C)c(NC(=O)c2cc(-c3ccco3)n(-c3ccc(Cl)cc3)n2)cc1OC. The van der Waals surface area contributed by atoms with Crippen LogP contribution in [0.25, 0.3) is 17.1 Å². The molecule has 0 atom stereocenters. The molecule has 0 saturated heterocycles. The fourth-order valence-electron chi connectivity index (χ4n) is 3.17. The minimum atomic E-state index is -0.365. The summed E-state index contributed by atoms with van der Waals surface area (Å²) in [5.41, 5.74) is 3.05. The first-order chi connectivity index (χ1) is 15.0. The first-order valence-corrected chi connectivity index (χ1v) is 9.82. The molecule has 0 aliphatic heterocycles.